The van der Waals surface area contributed by atoms with Gasteiger partial charge in [0.15, 0.2) is 0 Å². The summed E-state index contributed by atoms with van der Waals surface area (Å²) in [5.41, 5.74) is 1.58. The minimum Gasteiger partial charge on any atom is -0.496 e. The van der Waals surface area contributed by atoms with Crippen molar-refractivity contribution in [1.29, 1.82) is 0 Å². The van der Waals surface area contributed by atoms with E-state index in [1.165, 1.54) is 19.2 Å². The van der Waals surface area contributed by atoms with E-state index in [-0.39, 0.29) is 17.2 Å². The first-order chi connectivity index (χ1) is 12.9. The molecule has 2 aromatic carbocycles. The number of sulfonamides is 1. The average molecular weight is 391 g/mol. The van der Waals surface area contributed by atoms with E-state index in [0.717, 1.165) is 12.0 Å². The summed E-state index contributed by atoms with van der Waals surface area (Å²) in [6.07, 6.45) is 1.04. The Labute approximate surface area is 161 Å². The summed E-state index contributed by atoms with van der Waals surface area (Å²) >= 11 is 0. The predicted molar refractivity (Wildman–Crippen MR) is 105 cm³/mol. The van der Waals surface area contributed by atoms with Crippen molar-refractivity contribution in [1.82, 2.24) is 10.0 Å². The van der Waals surface area contributed by atoms with E-state index in [9.17, 15) is 13.2 Å². The van der Waals surface area contributed by atoms with Crippen LogP contribution < -0.4 is 14.8 Å². The fourth-order valence-corrected chi connectivity index (χ4v) is 3.96. The molecule has 2 N–H and O–H groups in total. The van der Waals surface area contributed by atoms with Gasteiger partial charge in [-0.3, -0.25) is 4.79 Å². The lowest BCUT2D eigenvalue weighted by atomic mass is 10.1. The molecular weight excluding hydrogens is 364 g/mol. The third kappa shape index (κ3) is 5.80. The number of methoxy groups -OCH3 is 1. The van der Waals surface area contributed by atoms with Crippen LogP contribution in [0.3, 0.4) is 0 Å². The van der Waals surface area contributed by atoms with Crippen molar-refractivity contribution in [2.24, 2.45) is 0 Å². The predicted octanol–water partition coefficient (Wildman–Crippen LogP) is 2.42. The Bertz CT molecular complexity index is 867. The number of nitrogens with one attached hydrogen (secondary N) is 2. The molecule has 0 saturated heterocycles. The molecule has 0 saturated carbocycles. The molecule has 146 valence electrons. The molecule has 27 heavy (non-hydrogen) atoms. The first kappa shape index (κ1) is 20.9. The molecule has 1 amide bonds. The van der Waals surface area contributed by atoms with E-state index >= 15 is 0 Å². The van der Waals surface area contributed by atoms with E-state index in [1.807, 2.05) is 37.3 Å². The van der Waals surface area contributed by atoms with Crippen LogP contribution in [-0.2, 0) is 21.2 Å². The third-order valence-electron chi connectivity index (χ3n) is 4.12. The van der Waals surface area contributed by atoms with Gasteiger partial charge in [-0.05, 0) is 49.1 Å². The van der Waals surface area contributed by atoms with Crippen LogP contribution in [0.4, 0.5) is 0 Å². The van der Waals surface area contributed by atoms with Crippen LogP contribution >= 0.6 is 0 Å². The largest absolute Gasteiger partial charge is 0.496 e. The highest BCUT2D eigenvalue weighted by molar-refractivity contribution is 7.89. The lowest BCUT2D eigenvalue weighted by molar-refractivity contribution is -0.122. The number of carbonyl (C=O) groups excluding carboxylic acids is 1. The SMILES string of the molecule is CCCNC(=O)[C@H](Cc1ccccc1)NS(=O)(=O)c1ccc(OC)c(C)c1. The lowest BCUT2D eigenvalue weighted by Crippen LogP contribution is -2.48. The van der Waals surface area contributed by atoms with Crippen LogP contribution in [0.15, 0.2) is 53.4 Å². The van der Waals surface area contributed by atoms with Crippen molar-refractivity contribution in [3.05, 3.63) is 59.7 Å². The number of benzene rings is 2. The number of hydrogen-bond donors (Lipinski definition) is 2. The van der Waals surface area contributed by atoms with Gasteiger partial charge < -0.3 is 10.1 Å². The second-order valence-corrected chi connectivity index (χ2v) is 8.00. The van der Waals surface area contributed by atoms with Crippen molar-refractivity contribution in [3.63, 3.8) is 0 Å². The van der Waals surface area contributed by atoms with Gasteiger partial charge in [0, 0.05) is 6.54 Å². The van der Waals surface area contributed by atoms with Crippen LogP contribution in [0.25, 0.3) is 0 Å². The summed E-state index contributed by atoms with van der Waals surface area (Å²) in [6, 6.07) is 13.0. The summed E-state index contributed by atoms with van der Waals surface area (Å²) in [4.78, 5) is 12.6. The normalized spacial score (nSPS) is 12.4. The molecule has 2 aromatic rings. The number of amides is 1. The number of ether oxygens (including phenoxy) is 1. The zero-order valence-electron chi connectivity index (χ0n) is 15.9. The van der Waals surface area contributed by atoms with Crippen LogP contribution in [0.2, 0.25) is 0 Å². The molecule has 0 spiro atoms. The van der Waals surface area contributed by atoms with E-state index in [1.54, 1.807) is 13.0 Å². The zero-order chi connectivity index (χ0) is 19.9. The summed E-state index contributed by atoms with van der Waals surface area (Å²) in [5, 5.41) is 2.77. The Balaban J connectivity index is 2.26. The molecule has 1 atom stereocenters. The summed E-state index contributed by atoms with van der Waals surface area (Å²) in [7, 11) is -2.33. The summed E-state index contributed by atoms with van der Waals surface area (Å²) in [5.74, 6) is 0.269. The Morgan fingerprint density at radius 1 is 1.15 bits per heavy atom. The second-order valence-electron chi connectivity index (χ2n) is 6.29. The maximum atomic E-state index is 12.8. The monoisotopic (exact) mass is 390 g/mol. The number of hydrogen-bond acceptors (Lipinski definition) is 4. The highest BCUT2D eigenvalue weighted by atomic mass is 32.2. The van der Waals surface area contributed by atoms with Gasteiger partial charge in [-0.25, -0.2) is 8.42 Å². The van der Waals surface area contributed by atoms with Crippen LogP contribution in [0, 0.1) is 6.92 Å². The molecular formula is C20H26N2O4S. The maximum Gasteiger partial charge on any atom is 0.241 e. The van der Waals surface area contributed by atoms with Crippen molar-refractivity contribution in [2.75, 3.05) is 13.7 Å². The smallest absolute Gasteiger partial charge is 0.241 e. The number of carbonyl (C=O) groups is 1. The molecule has 7 heteroatoms. The van der Waals surface area contributed by atoms with Gasteiger partial charge in [-0.15, -0.1) is 0 Å². The Kier molecular flexibility index (Phi) is 7.38. The van der Waals surface area contributed by atoms with Crippen LogP contribution in [0.5, 0.6) is 5.75 Å². The van der Waals surface area contributed by atoms with Gasteiger partial charge in [0.05, 0.1) is 12.0 Å². The third-order valence-corrected chi connectivity index (χ3v) is 5.59. The fraction of sp³-hybridized carbons (Fsp3) is 0.350. The molecule has 2 rings (SSSR count). The standard InChI is InChI=1S/C20H26N2O4S/c1-4-12-21-20(23)18(14-16-8-6-5-7-9-16)22-27(24,25)17-10-11-19(26-3)15(2)13-17/h5-11,13,18,22H,4,12,14H2,1-3H3,(H,21,23)/t18-/m0/s1. The van der Waals surface area contributed by atoms with E-state index in [4.69, 9.17) is 4.74 Å². The van der Waals surface area contributed by atoms with Crippen molar-refractivity contribution in [2.45, 2.75) is 37.6 Å². The minimum atomic E-state index is -3.86. The Hall–Kier alpha value is -2.38. The van der Waals surface area contributed by atoms with Crippen molar-refractivity contribution >= 4 is 15.9 Å². The van der Waals surface area contributed by atoms with Crippen molar-refractivity contribution in [3.8, 4) is 5.75 Å². The first-order valence-corrected chi connectivity index (χ1v) is 10.3. The zero-order valence-corrected chi connectivity index (χ0v) is 16.7. The molecule has 0 aromatic heterocycles. The van der Waals surface area contributed by atoms with Crippen molar-refractivity contribution < 1.29 is 17.9 Å². The van der Waals surface area contributed by atoms with E-state index in [2.05, 4.69) is 10.0 Å². The highest BCUT2D eigenvalue weighted by Gasteiger charge is 2.26. The number of rotatable bonds is 9. The van der Waals surface area contributed by atoms with Gasteiger partial charge in [-0.1, -0.05) is 37.3 Å². The molecule has 0 aliphatic heterocycles. The Morgan fingerprint density at radius 3 is 2.44 bits per heavy atom. The fourth-order valence-electron chi connectivity index (χ4n) is 2.68. The molecule has 0 aliphatic carbocycles. The van der Waals surface area contributed by atoms with Crippen LogP contribution in [0.1, 0.15) is 24.5 Å². The van der Waals surface area contributed by atoms with Gasteiger partial charge in [0.1, 0.15) is 11.8 Å². The molecule has 0 unspecified atom stereocenters. The Morgan fingerprint density at radius 2 is 1.85 bits per heavy atom. The first-order valence-electron chi connectivity index (χ1n) is 8.86. The molecule has 0 bridgehead atoms. The van der Waals surface area contributed by atoms with Gasteiger partial charge in [-0.2, -0.15) is 4.72 Å². The topological polar surface area (TPSA) is 84.5 Å². The molecule has 0 fully saturated rings. The minimum absolute atomic E-state index is 0.0992. The second kappa shape index (κ2) is 9.53. The summed E-state index contributed by atoms with van der Waals surface area (Å²) < 4.78 is 33.4. The van der Waals surface area contributed by atoms with Gasteiger partial charge in [0.25, 0.3) is 0 Å². The van der Waals surface area contributed by atoms with E-state index in [0.29, 0.717) is 17.9 Å². The van der Waals surface area contributed by atoms with Gasteiger partial charge in [0.2, 0.25) is 15.9 Å². The number of aryl methyl sites for hydroxylation is 1. The maximum absolute atomic E-state index is 12.8. The quantitative estimate of drug-likeness (QED) is 0.689. The summed E-state index contributed by atoms with van der Waals surface area (Å²) in [6.45, 7) is 4.21. The van der Waals surface area contributed by atoms with Crippen LogP contribution in [-0.4, -0.2) is 34.0 Å². The molecule has 0 radical (unpaired) electrons. The molecule has 0 aliphatic rings. The molecule has 0 heterocycles. The van der Waals surface area contributed by atoms with Gasteiger partial charge >= 0.3 is 0 Å². The molecule has 6 nitrogen and oxygen atoms in total. The average Bonchev–Trinajstić information content (AvgIpc) is 2.66. The lowest BCUT2D eigenvalue weighted by Gasteiger charge is -2.19. The van der Waals surface area contributed by atoms with E-state index < -0.39 is 16.1 Å². The highest BCUT2D eigenvalue weighted by Crippen LogP contribution is 2.21.